The van der Waals surface area contributed by atoms with Gasteiger partial charge in [0.05, 0.1) is 0 Å². The Labute approximate surface area is 171 Å². The molecule has 0 aromatic carbocycles. The van der Waals surface area contributed by atoms with Crippen LogP contribution in [0.5, 0.6) is 0 Å². The zero-order chi connectivity index (χ0) is 25.6. The molecule has 4 aliphatic rings. The molecular weight excluding hydrogens is 521 g/mol. The lowest BCUT2D eigenvalue weighted by Crippen LogP contribution is -3.08. The van der Waals surface area contributed by atoms with Gasteiger partial charge in [-0.1, -0.05) is 0 Å². The highest BCUT2D eigenvalue weighted by atomic mass is 35.5. The fourth-order valence-corrected chi connectivity index (χ4v) is 4.59. The molecule has 0 aromatic rings. The largest absolute Gasteiger partial charge is 0.463 e. The number of alkyl halides is 16. The molecule has 0 N–H and O–H groups in total. The molecule has 4 saturated carbocycles. The quantitative estimate of drug-likeness (QED) is 0.290. The minimum Gasteiger partial charge on any atom is -0.463 e. The summed E-state index contributed by atoms with van der Waals surface area (Å²) < 4.78 is 221. The van der Waals surface area contributed by atoms with Crippen LogP contribution >= 0.6 is 11.6 Å². The molecule has 1 atom stereocenters. The third-order valence-electron chi connectivity index (χ3n) is 6.26. The maximum atomic E-state index is 14.8. The Hall–Kier alpha value is -1.29. The number of ether oxygens (including phenoxy) is 1. The number of hydrogen-bond acceptors (Lipinski definition) is 2. The number of carbonyl (C=O) groups excluding carboxylic acids is 1. The predicted molar refractivity (Wildman–Crippen MR) is 69.9 cm³/mol. The smallest absolute Gasteiger partial charge is 0.339 e. The van der Waals surface area contributed by atoms with Crippen molar-refractivity contribution in [2.45, 2.75) is 64.8 Å². The van der Waals surface area contributed by atoms with Crippen LogP contribution in [0.1, 0.15) is 6.92 Å². The number of rotatable bonds is 3. The van der Waals surface area contributed by atoms with Gasteiger partial charge in [-0.2, -0.15) is 26.3 Å². The van der Waals surface area contributed by atoms with Crippen molar-refractivity contribution < 1.29 is 75.4 Å². The topological polar surface area (TPSA) is 26.3 Å². The van der Waals surface area contributed by atoms with Gasteiger partial charge in [0.25, 0.3) is 0 Å². The van der Waals surface area contributed by atoms with Gasteiger partial charge in [-0.25, -0.2) is 39.5 Å². The molecule has 2 nitrogen and oxygen atoms in total. The van der Waals surface area contributed by atoms with Gasteiger partial charge >= 0.3 is 58.5 Å². The highest BCUT2D eigenvalue weighted by Crippen LogP contribution is 2.90. The Morgan fingerprint density at radius 1 is 0.625 bits per heavy atom. The standard InChI is InChI=1S/C14H6ClF15O2/c1-3(15)4(31)32-2-5-9(19,20)6(16)12(25,26)7(17,10(5,21)22)14(29,30)8(18,11(5,23)24)13(6,27)28/h3H,2H2,1H3. The Balaban J connectivity index is 2.56. The first-order valence-corrected chi connectivity index (χ1v) is 8.41. The monoisotopic (exact) mass is 526 g/mol. The van der Waals surface area contributed by atoms with Crippen molar-refractivity contribution >= 4 is 17.6 Å². The normalized spacial score (nSPS) is 46.5. The van der Waals surface area contributed by atoms with Crippen LogP contribution in [-0.4, -0.2) is 70.5 Å². The highest BCUT2D eigenvalue weighted by Gasteiger charge is 3.22. The third-order valence-corrected chi connectivity index (χ3v) is 6.44. The van der Waals surface area contributed by atoms with Crippen LogP contribution in [0.4, 0.5) is 65.9 Å². The van der Waals surface area contributed by atoms with E-state index in [1.54, 1.807) is 0 Å². The second-order valence-corrected chi connectivity index (χ2v) is 8.21. The van der Waals surface area contributed by atoms with Crippen molar-refractivity contribution in [3.8, 4) is 0 Å². The molecule has 0 spiro atoms. The molecule has 0 heterocycles. The maximum absolute atomic E-state index is 14.8. The fourth-order valence-electron chi connectivity index (χ4n) is 4.53. The van der Waals surface area contributed by atoms with Gasteiger partial charge in [0.2, 0.25) is 5.41 Å². The second-order valence-electron chi connectivity index (χ2n) is 7.55. The van der Waals surface area contributed by atoms with Crippen LogP contribution in [0.3, 0.4) is 0 Å². The molecule has 0 aromatic heterocycles. The summed E-state index contributed by atoms with van der Waals surface area (Å²) in [6, 6.07) is 0. The maximum Gasteiger partial charge on any atom is 0.339 e. The van der Waals surface area contributed by atoms with Crippen molar-refractivity contribution in [2.24, 2.45) is 5.41 Å². The Kier molecular flexibility index (Phi) is 4.36. The molecule has 1 unspecified atom stereocenters. The Morgan fingerprint density at radius 3 is 1.09 bits per heavy atom. The summed E-state index contributed by atoms with van der Waals surface area (Å²) in [5, 5.41) is -2.10. The SMILES string of the molecule is CC(Cl)C(=O)OCC12C(F)(F)C3(F)C(F)(F)C(F)(C(F)(F)C(F)(C3(F)F)C1(F)F)C2(F)F. The lowest BCUT2D eigenvalue weighted by molar-refractivity contribution is -0.613. The van der Waals surface area contributed by atoms with Gasteiger partial charge in [-0.3, -0.25) is 4.79 Å². The average Bonchev–Trinajstić information content (AvgIpc) is 2.61. The van der Waals surface area contributed by atoms with Crippen LogP contribution < -0.4 is 0 Å². The summed E-state index contributed by atoms with van der Waals surface area (Å²) in [5.41, 5.74) is -29.9. The molecule has 32 heavy (non-hydrogen) atoms. The first kappa shape index (κ1) is 25.3. The van der Waals surface area contributed by atoms with Crippen molar-refractivity contribution in [1.29, 1.82) is 0 Å². The summed E-state index contributed by atoms with van der Waals surface area (Å²) >= 11 is 5.03. The zero-order valence-electron chi connectivity index (χ0n) is 14.6. The lowest BCUT2D eigenvalue weighted by atomic mass is 9.36. The van der Waals surface area contributed by atoms with E-state index in [4.69, 9.17) is 11.6 Å². The number of halogens is 16. The summed E-state index contributed by atoms with van der Waals surface area (Å²) in [6.07, 6.45) is 0. The minimum absolute atomic E-state index is 0.568. The first-order chi connectivity index (χ1) is 13.8. The molecule has 0 aliphatic heterocycles. The number of carbonyl (C=O) groups is 1. The van der Waals surface area contributed by atoms with E-state index in [9.17, 15) is 70.7 Å². The number of esters is 1. The Morgan fingerprint density at radius 2 is 0.875 bits per heavy atom. The molecular formula is C14H6ClF15O2. The van der Waals surface area contributed by atoms with Gasteiger partial charge in [-0.15, -0.1) is 11.6 Å². The van der Waals surface area contributed by atoms with Crippen molar-refractivity contribution in [3.05, 3.63) is 0 Å². The van der Waals surface area contributed by atoms with Gasteiger partial charge in [-0.05, 0) is 6.92 Å². The van der Waals surface area contributed by atoms with Gasteiger partial charge in [0.15, 0.2) is 0 Å². The van der Waals surface area contributed by atoms with Gasteiger partial charge < -0.3 is 4.74 Å². The minimum atomic E-state index is -7.86. The van der Waals surface area contributed by atoms with E-state index < -0.39 is 75.9 Å². The summed E-state index contributed by atoms with van der Waals surface area (Å²) in [4.78, 5) is 11.3. The van der Waals surface area contributed by atoms with Crippen LogP contribution in [0.15, 0.2) is 0 Å². The Bertz CT molecular complexity index is 770. The van der Waals surface area contributed by atoms with Gasteiger partial charge in [0, 0.05) is 0 Å². The molecule has 0 saturated heterocycles. The van der Waals surface area contributed by atoms with Crippen molar-refractivity contribution in [3.63, 3.8) is 0 Å². The van der Waals surface area contributed by atoms with Crippen LogP contribution in [0.25, 0.3) is 0 Å². The van der Waals surface area contributed by atoms with E-state index in [1.165, 1.54) is 0 Å². The molecule has 4 aliphatic carbocycles. The van der Waals surface area contributed by atoms with E-state index in [2.05, 4.69) is 4.74 Å². The summed E-state index contributed by atoms with van der Waals surface area (Å²) in [6.45, 7) is -2.99. The lowest BCUT2D eigenvalue weighted by Gasteiger charge is -2.75. The number of hydrogen-bond donors (Lipinski definition) is 0. The van der Waals surface area contributed by atoms with E-state index in [0.717, 1.165) is 0 Å². The second kappa shape index (κ2) is 5.50. The molecule has 4 bridgehead atoms. The van der Waals surface area contributed by atoms with Gasteiger partial charge in [0.1, 0.15) is 12.0 Å². The summed E-state index contributed by atoms with van der Waals surface area (Å²) in [5.74, 6) is -48.6. The molecule has 4 rings (SSSR count). The fraction of sp³-hybridized carbons (Fsp3) is 0.929. The van der Waals surface area contributed by atoms with E-state index >= 15 is 0 Å². The van der Waals surface area contributed by atoms with Crippen molar-refractivity contribution in [2.75, 3.05) is 6.61 Å². The highest BCUT2D eigenvalue weighted by molar-refractivity contribution is 6.29. The third kappa shape index (κ3) is 1.62. The van der Waals surface area contributed by atoms with Crippen LogP contribution in [-0.2, 0) is 9.53 Å². The first-order valence-electron chi connectivity index (χ1n) is 7.97. The van der Waals surface area contributed by atoms with E-state index in [0.29, 0.717) is 6.92 Å². The summed E-state index contributed by atoms with van der Waals surface area (Å²) in [7, 11) is 0. The molecule has 4 fully saturated rings. The average molecular weight is 527 g/mol. The molecule has 0 radical (unpaired) electrons. The molecule has 18 heteroatoms. The van der Waals surface area contributed by atoms with Crippen LogP contribution in [0, 0.1) is 5.41 Å². The van der Waals surface area contributed by atoms with Crippen molar-refractivity contribution in [1.82, 2.24) is 0 Å². The molecule has 186 valence electrons. The molecule has 0 amide bonds. The van der Waals surface area contributed by atoms with E-state index in [1.807, 2.05) is 0 Å². The predicted octanol–water partition coefficient (Wildman–Crippen LogP) is 5.12. The van der Waals surface area contributed by atoms with Crippen LogP contribution in [0.2, 0.25) is 0 Å². The zero-order valence-corrected chi connectivity index (χ0v) is 15.4. The van der Waals surface area contributed by atoms with E-state index in [-0.39, 0.29) is 0 Å².